The van der Waals surface area contributed by atoms with E-state index in [-0.39, 0.29) is 0 Å². The number of benzene rings is 1. The highest BCUT2D eigenvalue weighted by molar-refractivity contribution is 5.67. The maximum Gasteiger partial charge on any atom is -0.0147 e. The summed E-state index contributed by atoms with van der Waals surface area (Å²) in [5.74, 6) is 0.700. The Labute approximate surface area is 91.3 Å². The maximum atomic E-state index is 2.35. The van der Waals surface area contributed by atoms with E-state index >= 15 is 0 Å². The fraction of sp³-hybridized carbons (Fsp3) is 0.333. The van der Waals surface area contributed by atoms with Crippen LogP contribution in [0.5, 0.6) is 0 Å². The molecule has 0 radical (unpaired) electrons. The van der Waals surface area contributed by atoms with Crippen LogP contribution < -0.4 is 0 Å². The molecule has 0 saturated heterocycles. The van der Waals surface area contributed by atoms with E-state index in [0.717, 1.165) is 0 Å². The first-order chi connectivity index (χ1) is 7.36. The van der Waals surface area contributed by atoms with Crippen molar-refractivity contribution in [2.45, 2.75) is 32.1 Å². The van der Waals surface area contributed by atoms with Crippen LogP contribution in [-0.4, -0.2) is 0 Å². The molecule has 0 N–H and O–H groups in total. The number of fused-ring (bicyclic) bond motifs is 3. The zero-order chi connectivity index (χ0) is 10.3. The van der Waals surface area contributed by atoms with Crippen LogP contribution in [0.25, 0.3) is 12.2 Å². The normalized spacial score (nSPS) is 22.3. The van der Waals surface area contributed by atoms with Crippen LogP contribution in [0.4, 0.5) is 0 Å². The van der Waals surface area contributed by atoms with E-state index in [1.807, 2.05) is 0 Å². The van der Waals surface area contributed by atoms with Crippen molar-refractivity contribution in [3.63, 3.8) is 0 Å². The third-order valence-corrected chi connectivity index (χ3v) is 3.57. The Hall–Kier alpha value is -1.30. The van der Waals surface area contributed by atoms with Gasteiger partial charge in [-0.2, -0.15) is 0 Å². The van der Waals surface area contributed by atoms with Crippen LogP contribution in [0.2, 0.25) is 0 Å². The second-order valence-corrected chi connectivity index (χ2v) is 4.62. The fourth-order valence-corrected chi connectivity index (χ4v) is 2.82. The van der Waals surface area contributed by atoms with Gasteiger partial charge < -0.3 is 0 Å². The first kappa shape index (κ1) is 8.96. The lowest BCUT2D eigenvalue weighted by Crippen LogP contribution is -2.08. The van der Waals surface area contributed by atoms with Crippen molar-refractivity contribution in [3.8, 4) is 0 Å². The summed E-state index contributed by atoms with van der Waals surface area (Å²) in [5, 5.41) is 0. The Kier molecular flexibility index (Phi) is 2.02. The van der Waals surface area contributed by atoms with Gasteiger partial charge in [0.25, 0.3) is 0 Å². The SMILES string of the molecule is C[C@@H]1CC=Cc2ccc3c(c21)CCC=C3. The van der Waals surface area contributed by atoms with Gasteiger partial charge in [0, 0.05) is 0 Å². The van der Waals surface area contributed by atoms with E-state index in [1.54, 1.807) is 11.1 Å². The molecule has 0 fully saturated rings. The maximum absolute atomic E-state index is 2.35. The van der Waals surface area contributed by atoms with E-state index in [9.17, 15) is 0 Å². The van der Waals surface area contributed by atoms with Gasteiger partial charge in [-0.05, 0) is 47.4 Å². The van der Waals surface area contributed by atoms with Gasteiger partial charge in [0.05, 0.1) is 0 Å². The molecule has 1 aromatic rings. The summed E-state index contributed by atoms with van der Waals surface area (Å²) in [6, 6.07) is 4.54. The minimum Gasteiger partial charge on any atom is -0.0836 e. The molecule has 2 aliphatic rings. The molecule has 0 unspecified atom stereocenters. The summed E-state index contributed by atoms with van der Waals surface area (Å²) in [4.78, 5) is 0. The van der Waals surface area contributed by atoms with Gasteiger partial charge in [0.1, 0.15) is 0 Å². The summed E-state index contributed by atoms with van der Waals surface area (Å²) in [7, 11) is 0. The standard InChI is InChI=1S/C15H16/c1-11-5-4-7-13-10-9-12-6-2-3-8-14(12)15(11)13/h2,4,6-7,9-11H,3,5,8H2,1H3/t11-/m1/s1. The summed E-state index contributed by atoms with van der Waals surface area (Å²) in [6.07, 6.45) is 12.8. The Morgan fingerprint density at radius 3 is 2.80 bits per heavy atom. The first-order valence-corrected chi connectivity index (χ1v) is 5.85. The minimum absolute atomic E-state index is 0.700. The largest absolute Gasteiger partial charge is 0.0836 e. The van der Waals surface area contributed by atoms with Crippen LogP contribution in [-0.2, 0) is 6.42 Å². The molecule has 0 spiro atoms. The van der Waals surface area contributed by atoms with Crippen LogP contribution in [0.15, 0.2) is 24.3 Å². The summed E-state index contributed by atoms with van der Waals surface area (Å²) >= 11 is 0. The second kappa shape index (κ2) is 3.37. The molecular formula is C15H16. The van der Waals surface area contributed by atoms with E-state index in [1.165, 1.54) is 30.4 Å². The average molecular weight is 196 g/mol. The number of allylic oxidation sites excluding steroid dienone is 2. The molecule has 3 rings (SSSR count). The molecule has 0 bridgehead atoms. The fourth-order valence-electron chi connectivity index (χ4n) is 2.82. The lowest BCUT2D eigenvalue weighted by molar-refractivity contribution is 0.751. The van der Waals surface area contributed by atoms with Gasteiger partial charge in [-0.3, -0.25) is 0 Å². The van der Waals surface area contributed by atoms with E-state index in [2.05, 4.69) is 43.4 Å². The van der Waals surface area contributed by atoms with E-state index < -0.39 is 0 Å². The summed E-state index contributed by atoms with van der Waals surface area (Å²) in [6.45, 7) is 2.35. The molecule has 0 nitrogen and oxygen atoms in total. The van der Waals surface area contributed by atoms with Crippen molar-refractivity contribution < 1.29 is 0 Å². The van der Waals surface area contributed by atoms with Crippen molar-refractivity contribution in [2.75, 3.05) is 0 Å². The highest BCUT2D eigenvalue weighted by Gasteiger charge is 2.19. The van der Waals surface area contributed by atoms with Crippen LogP contribution >= 0.6 is 0 Å². The predicted octanol–water partition coefficient (Wildman–Crippen LogP) is 4.17. The number of hydrogen-bond acceptors (Lipinski definition) is 0. The molecule has 0 heteroatoms. The topological polar surface area (TPSA) is 0 Å². The zero-order valence-corrected chi connectivity index (χ0v) is 9.16. The minimum atomic E-state index is 0.700. The highest BCUT2D eigenvalue weighted by Crippen LogP contribution is 2.36. The van der Waals surface area contributed by atoms with Crippen molar-refractivity contribution in [3.05, 3.63) is 46.5 Å². The van der Waals surface area contributed by atoms with Crippen molar-refractivity contribution in [1.29, 1.82) is 0 Å². The lowest BCUT2D eigenvalue weighted by atomic mass is 9.80. The third kappa shape index (κ3) is 1.36. The molecule has 0 heterocycles. The molecular weight excluding hydrogens is 180 g/mol. The van der Waals surface area contributed by atoms with Gasteiger partial charge in [-0.15, -0.1) is 0 Å². The molecule has 1 aromatic carbocycles. The Balaban J connectivity index is 2.25. The molecule has 1 atom stereocenters. The van der Waals surface area contributed by atoms with Crippen molar-refractivity contribution >= 4 is 12.2 Å². The quantitative estimate of drug-likeness (QED) is 0.584. The van der Waals surface area contributed by atoms with Gasteiger partial charge in [0.2, 0.25) is 0 Å². The summed E-state index contributed by atoms with van der Waals surface area (Å²) < 4.78 is 0. The molecule has 0 amide bonds. The van der Waals surface area contributed by atoms with Crippen molar-refractivity contribution in [2.24, 2.45) is 0 Å². The molecule has 0 aliphatic heterocycles. The van der Waals surface area contributed by atoms with Gasteiger partial charge >= 0.3 is 0 Å². The second-order valence-electron chi connectivity index (χ2n) is 4.62. The highest BCUT2D eigenvalue weighted by atomic mass is 14.2. The number of hydrogen-bond donors (Lipinski definition) is 0. The molecule has 76 valence electrons. The monoisotopic (exact) mass is 196 g/mol. The molecule has 15 heavy (non-hydrogen) atoms. The van der Waals surface area contributed by atoms with Gasteiger partial charge in [-0.1, -0.05) is 43.4 Å². The first-order valence-electron chi connectivity index (χ1n) is 5.85. The third-order valence-electron chi connectivity index (χ3n) is 3.57. The van der Waals surface area contributed by atoms with Gasteiger partial charge in [0.15, 0.2) is 0 Å². The van der Waals surface area contributed by atoms with Crippen LogP contribution in [0, 0.1) is 0 Å². The smallest absolute Gasteiger partial charge is 0.0147 e. The number of rotatable bonds is 0. The van der Waals surface area contributed by atoms with Gasteiger partial charge in [-0.25, -0.2) is 0 Å². The molecule has 0 aromatic heterocycles. The Morgan fingerprint density at radius 2 is 1.87 bits per heavy atom. The molecule has 0 saturated carbocycles. The van der Waals surface area contributed by atoms with E-state index in [0.29, 0.717) is 5.92 Å². The Morgan fingerprint density at radius 1 is 1.07 bits per heavy atom. The lowest BCUT2D eigenvalue weighted by Gasteiger charge is -2.24. The zero-order valence-electron chi connectivity index (χ0n) is 9.16. The van der Waals surface area contributed by atoms with Crippen molar-refractivity contribution in [1.82, 2.24) is 0 Å². The Bertz CT molecular complexity index is 449. The van der Waals surface area contributed by atoms with Crippen LogP contribution in [0.3, 0.4) is 0 Å². The average Bonchev–Trinajstić information content (AvgIpc) is 2.29. The summed E-state index contributed by atoms with van der Waals surface area (Å²) in [5.41, 5.74) is 6.11. The molecule has 2 aliphatic carbocycles. The predicted molar refractivity (Wildman–Crippen MR) is 65.9 cm³/mol. The van der Waals surface area contributed by atoms with E-state index in [4.69, 9.17) is 0 Å². The van der Waals surface area contributed by atoms with Crippen LogP contribution in [0.1, 0.15) is 47.9 Å².